The number of hydrogen-bond donors (Lipinski definition) is 1. The summed E-state index contributed by atoms with van der Waals surface area (Å²) >= 11 is 0. The van der Waals surface area contributed by atoms with Crippen LogP contribution in [0, 0.1) is 0 Å². The van der Waals surface area contributed by atoms with Gasteiger partial charge in [-0.05, 0) is 12.0 Å². The predicted molar refractivity (Wildman–Crippen MR) is 54.0 cm³/mol. The Morgan fingerprint density at radius 2 is 1.63 bits per heavy atom. The third-order valence-electron chi connectivity index (χ3n) is 2.12. The summed E-state index contributed by atoms with van der Waals surface area (Å²) in [6.07, 6.45) is -1.61. The molecule has 19 heavy (non-hydrogen) atoms. The summed E-state index contributed by atoms with van der Waals surface area (Å²) in [4.78, 5) is 20.9. The van der Waals surface area contributed by atoms with Crippen molar-refractivity contribution in [2.45, 2.75) is 6.42 Å². The van der Waals surface area contributed by atoms with Crippen molar-refractivity contribution in [2.75, 3.05) is 32.8 Å². The number of aliphatic carboxylic acids is 1. The number of carbonyl (C=O) groups excluding carboxylic acids is 1. The molecule has 0 aromatic carbocycles. The average Bonchev–Trinajstić information content (AvgIpc) is 2.26. The van der Waals surface area contributed by atoms with Crippen molar-refractivity contribution in [1.29, 1.82) is 0 Å². The SMILES string of the molecule is C=C(CCN1CCOCC1)C(=O)[O-].O=C([O-])O.[Na+].[Na+]. The van der Waals surface area contributed by atoms with Crippen molar-refractivity contribution >= 4 is 12.1 Å². The van der Waals surface area contributed by atoms with Crippen LogP contribution in [0.2, 0.25) is 0 Å². The first kappa shape index (κ1) is 24.4. The molecule has 9 heteroatoms. The Labute approximate surface area is 156 Å². The maximum absolute atomic E-state index is 10.3. The van der Waals surface area contributed by atoms with E-state index in [0.717, 1.165) is 32.8 Å². The molecule has 0 saturated carbocycles. The number of rotatable bonds is 4. The maximum atomic E-state index is 10.3. The molecule has 1 aliphatic rings. The van der Waals surface area contributed by atoms with E-state index in [9.17, 15) is 9.90 Å². The number of carbonyl (C=O) groups is 2. The number of ether oxygens (including phenoxy) is 1. The number of morpholine rings is 1. The van der Waals surface area contributed by atoms with Crippen molar-refractivity contribution in [3.05, 3.63) is 12.2 Å². The minimum Gasteiger partial charge on any atom is -0.565 e. The largest absolute Gasteiger partial charge is 1.00 e. The van der Waals surface area contributed by atoms with Gasteiger partial charge in [-0.1, -0.05) is 6.58 Å². The molecule has 0 aromatic rings. The molecule has 0 radical (unpaired) electrons. The smallest absolute Gasteiger partial charge is 0.565 e. The molecule has 98 valence electrons. The predicted octanol–water partition coefficient (Wildman–Crippen LogP) is -8.09. The molecule has 0 aliphatic carbocycles. The Kier molecular flexibility index (Phi) is 19.0. The van der Waals surface area contributed by atoms with Gasteiger partial charge >= 0.3 is 59.1 Å². The molecule has 0 spiro atoms. The van der Waals surface area contributed by atoms with Crippen molar-refractivity contribution in [3.63, 3.8) is 0 Å². The van der Waals surface area contributed by atoms with Crippen LogP contribution in [0.3, 0.4) is 0 Å². The Hall–Kier alpha value is 0.400. The van der Waals surface area contributed by atoms with Crippen molar-refractivity contribution < 1.29 is 88.8 Å². The van der Waals surface area contributed by atoms with E-state index in [-0.39, 0.29) is 64.7 Å². The minimum absolute atomic E-state index is 0. The van der Waals surface area contributed by atoms with E-state index < -0.39 is 12.1 Å². The van der Waals surface area contributed by atoms with Gasteiger partial charge in [0.05, 0.1) is 19.2 Å². The normalized spacial score (nSPS) is 13.9. The summed E-state index contributed by atoms with van der Waals surface area (Å²) in [6, 6.07) is 0. The van der Waals surface area contributed by atoms with Gasteiger partial charge in [0.1, 0.15) is 0 Å². The Morgan fingerprint density at radius 3 is 2.00 bits per heavy atom. The zero-order chi connectivity index (χ0) is 13.3. The van der Waals surface area contributed by atoms with Gasteiger partial charge in [-0.3, -0.25) is 4.90 Å². The summed E-state index contributed by atoms with van der Waals surface area (Å²) in [5.74, 6) is -1.15. The van der Waals surface area contributed by atoms with Gasteiger partial charge in [-0.25, -0.2) is 0 Å². The van der Waals surface area contributed by atoms with Gasteiger partial charge in [0.2, 0.25) is 6.16 Å². The van der Waals surface area contributed by atoms with E-state index in [1.54, 1.807) is 0 Å². The molecule has 1 fully saturated rings. The quantitative estimate of drug-likeness (QED) is 0.404. The van der Waals surface area contributed by atoms with Crippen LogP contribution in [-0.4, -0.2) is 55.0 Å². The molecule has 7 nitrogen and oxygen atoms in total. The monoisotopic (exact) mass is 291 g/mol. The Morgan fingerprint density at radius 1 is 1.21 bits per heavy atom. The van der Waals surface area contributed by atoms with Gasteiger partial charge in [0.25, 0.3) is 0 Å². The van der Waals surface area contributed by atoms with Crippen molar-refractivity contribution in [3.8, 4) is 0 Å². The number of carboxylic acid groups (broad SMARTS) is 3. The van der Waals surface area contributed by atoms with Crippen molar-refractivity contribution in [2.24, 2.45) is 0 Å². The first-order chi connectivity index (χ1) is 7.93. The summed E-state index contributed by atoms with van der Waals surface area (Å²) in [6.45, 7) is 7.37. The third-order valence-corrected chi connectivity index (χ3v) is 2.12. The van der Waals surface area contributed by atoms with E-state index in [4.69, 9.17) is 19.7 Å². The fraction of sp³-hybridized carbons (Fsp3) is 0.600. The maximum Gasteiger partial charge on any atom is 1.00 e. The Balaban J connectivity index is -0.000000379. The van der Waals surface area contributed by atoms with E-state index in [1.165, 1.54) is 0 Å². The van der Waals surface area contributed by atoms with E-state index in [2.05, 4.69) is 11.5 Å². The second-order valence-electron chi connectivity index (χ2n) is 3.36. The summed E-state index contributed by atoms with van der Waals surface area (Å²) < 4.78 is 5.16. The molecule has 1 aliphatic heterocycles. The van der Waals surface area contributed by atoms with Gasteiger partial charge in [-0.2, -0.15) is 0 Å². The number of carboxylic acids is 1. The zero-order valence-electron chi connectivity index (χ0n) is 11.4. The zero-order valence-corrected chi connectivity index (χ0v) is 15.4. The minimum atomic E-state index is -2.08. The van der Waals surface area contributed by atoms with E-state index in [1.807, 2.05) is 0 Å². The fourth-order valence-electron chi connectivity index (χ4n) is 1.22. The first-order valence-electron chi connectivity index (χ1n) is 5.02. The summed E-state index contributed by atoms with van der Waals surface area (Å²) in [5, 5.41) is 25.6. The third kappa shape index (κ3) is 16.3. The van der Waals surface area contributed by atoms with E-state index >= 15 is 0 Å². The number of hydrogen-bond acceptors (Lipinski definition) is 6. The molecule has 0 bridgehead atoms. The van der Waals surface area contributed by atoms with Crippen molar-refractivity contribution in [1.82, 2.24) is 4.90 Å². The second kappa shape index (κ2) is 14.8. The van der Waals surface area contributed by atoms with Crippen LogP contribution in [-0.2, 0) is 9.53 Å². The number of nitrogens with zero attached hydrogens (tertiary/aromatic N) is 1. The van der Waals surface area contributed by atoms with Crippen LogP contribution < -0.4 is 69.3 Å². The van der Waals surface area contributed by atoms with Crippen LogP contribution >= 0.6 is 0 Å². The van der Waals surface area contributed by atoms with Gasteiger partial charge in [-0.15, -0.1) is 0 Å². The molecular formula is C10H15NNa2O6. The summed E-state index contributed by atoms with van der Waals surface area (Å²) in [5.41, 5.74) is 0.173. The van der Waals surface area contributed by atoms with Gasteiger partial charge in [0, 0.05) is 19.6 Å². The standard InChI is InChI=1S/C9H15NO3.CH2O3.2Na/c1-8(9(11)12)2-3-10-4-6-13-7-5-10;2-1(3)4;;/h1-7H2,(H,11,12);(H2,2,3,4);;/q;;2*+1/p-2. The Bertz CT molecular complexity index is 277. The molecule has 1 N–H and O–H groups in total. The van der Waals surface area contributed by atoms with Crippen LogP contribution in [0.1, 0.15) is 6.42 Å². The van der Waals surface area contributed by atoms with Crippen LogP contribution in [0.15, 0.2) is 12.2 Å². The van der Waals surface area contributed by atoms with Crippen LogP contribution in [0.25, 0.3) is 0 Å². The van der Waals surface area contributed by atoms with Crippen LogP contribution in [0.5, 0.6) is 0 Å². The molecule has 0 aromatic heterocycles. The topological polar surface area (TPSA) is 113 Å². The molecule has 0 atom stereocenters. The molecule has 1 rings (SSSR count). The first-order valence-corrected chi connectivity index (χ1v) is 5.02. The molecular weight excluding hydrogens is 276 g/mol. The molecule has 1 saturated heterocycles. The average molecular weight is 291 g/mol. The van der Waals surface area contributed by atoms with Gasteiger partial charge < -0.3 is 29.6 Å². The molecule has 1 heterocycles. The van der Waals surface area contributed by atoms with E-state index in [0.29, 0.717) is 6.42 Å². The van der Waals surface area contributed by atoms with Gasteiger partial charge in [0.15, 0.2) is 0 Å². The fourth-order valence-corrected chi connectivity index (χ4v) is 1.22. The molecule has 0 unspecified atom stereocenters. The molecule has 0 amide bonds. The summed E-state index contributed by atoms with van der Waals surface area (Å²) in [7, 11) is 0. The van der Waals surface area contributed by atoms with Crippen LogP contribution in [0.4, 0.5) is 4.79 Å². The second-order valence-corrected chi connectivity index (χ2v) is 3.36.